The van der Waals surface area contributed by atoms with Gasteiger partial charge in [0.15, 0.2) is 5.17 Å². The average molecular weight is 503 g/mol. The van der Waals surface area contributed by atoms with E-state index in [1.807, 2.05) is 5.41 Å². The molecule has 8 nitrogen and oxygen atoms in total. The van der Waals surface area contributed by atoms with Gasteiger partial charge in [-0.3, -0.25) is 9.69 Å². The van der Waals surface area contributed by atoms with E-state index < -0.39 is 17.8 Å². The van der Waals surface area contributed by atoms with Crippen LogP contribution in [0.25, 0.3) is 0 Å². The molecule has 0 radical (unpaired) electrons. The van der Waals surface area contributed by atoms with Gasteiger partial charge in [0.05, 0.1) is 43.6 Å². The lowest BCUT2D eigenvalue weighted by molar-refractivity contribution is -0.139. The zero-order chi connectivity index (χ0) is 24.8. The number of aliphatic imine (C=N–C) groups is 1. The van der Waals surface area contributed by atoms with Crippen molar-refractivity contribution >= 4 is 28.8 Å². The number of ether oxygens (including phenoxy) is 2. The normalized spacial score (nSPS) is 20.3. The number of hydrogen-bond donors (Lipinski definition) is 1. The van der Waals surface area contributed by atoms with Crippen LogP contribution in [0.4, 0.5) is 4.39 Å². The van der Waals surface area contributed by atoms with Crippen LogP contribution in [-0.4, -0.2) is 72.8 Å². The number of thioether (sulfide) groups is 1. The summed E-state index contributed by atoms with van der Waals surface area (Å²) < 4.78 is 25.6. The Hall–Kier alpha value is -2.69. The van der Waals surface area contributed by atoms with Crippen LogP contribution in [0, 0.1) is 5.82 Å². The molecule has 0 spiro atoms. The number of esters is 1. The number of amidine groups is 1. The van der Waals surface area contributed by atoms with Crippen LogP contribution in [0.2, 0.25) is 0 Å². The van der Waals surface area contributed by atoms with Crippen LogP contribution in [0.3, 0.4) is 0 Å². The van der Waals surface area contributed by atoms with E-state index in [9.17, 15) is 14.0 Å². The molecule has 1 atom stereocenters. The third kappa shape index (κ3) is 5.94. The largest absolute Gasteiger partial charge is 0.463 e. The summed E-state index contributed by atoms with van der Waals surface area (Å²) in [6.07, 6.45) is 0.951. The molecule has 1 amide bonds. The smallest absolute Gasteiger partial charge is 0.338 e. The molecular formula is C25H31FN4O4S. The zero-order valence-corrected chi connectivity index (χ0v) is 20.9. The Morgan fingerprint density at radius 3 is 2.80 bits per heavy atom. The Balaban J connectivity index is 1.47. The number of amides is 1. The van der Waals surface area contributed by atoms with Gasteiger partial charge in [0.1, 0.15) is 5.82 Å². The van der Waals surface area contributed by atoms with Crippen molar-refractivity contribution in [2.75, 3.05) is 46.0 Å². The van der Waals surface area contributed by atoms with Crippen LogP contribution in [-0.2, 0) is 19.1 Å². The first-order valence-corrected chi connectivity index (χ1v) is 12.8. The summed E-state index contributed by atoms with van der Waals surface area (Å²) in [7, 11) is 0. The van der Waals surface area contributed by atoms with Crippen LogP contribution in [0.5, 0.6) is 0 Å². The summed E-state index contributed by atoms with van der Waals surface area (Å²) in [6, 6.07) is 5.60. The van der Waals surface area contributed by atoms with E-state index in [2.05, 4.69) is 15.2 Å². The van der Waals surface area contributed by atoms with Crippen molar-refractivity contribution in [1.82, 2.24) is 15.1 Å². The summed E-state index contributed by atoms with van der Waals surface area (Å²) in [6.45, 7) is 8.47. The van der Waals surface area contributed by atoms with Gasteiger partial charge in [-0.15, -0.1) is 0 Å². The topological polar surface area (TPSA) is 83.5 Å². The van der Waals surface area contributed by atoms with Crippen molar-refractivity contribution in [2.45, 2.75) is 32.7 Å². The number of allylic oxidation sites excluding steroid dienone is 1. The highest BCUT2D eigenvalue weighted by Gasteiger charge is 2.42. The van der Waals surface area contributed by atoms with Gasteiger partial charge in [0, 0.05) is 30.9 Å². The van der Waals surface area contributed by atoms with Gasteiger partial charge in [-0.05, 0) is 38.3 Å². The molecule has 1 aromatic carbocycles. The van der Waals surface area contributed by atoms with Gasteiger partial charge < -0.3 is 19.7 Å². The highest BCUT2D eigenvalue weighted by molar-refractivity contribution is 8.16. The Kier molecular flexibility index (Phi) is 8.59. The molecule has 10 heteroatoms. The number of carbonyl (C=O) groups excluding carboxylic acids is 2. The van der Waals surface area contributed by atoms with Crippen molar-refractivity contribution in [3.05, 3.63) is 58.0 Å². The number of hydrogen-bond acceptors (Lipinski definition) is 8. The molecule has 0 aliphatic carbocycles. The molecule has 1 fully saturated rings. The molecule has 4 rings (SSSR count). The van der Waals surface area contributed by atoms with E-state index in [-0.39, 0.29) is 24.5 Å². The van der Waals surface area contributed by atoms with E-state index in [4.69, 9.17) is 9.47 Å². The maximum atomic E-state index is 15.0. The number of fused-ring (bicyclic) bond motifs is 1. The van der Waals surface area contributed by atoms with E-state index in [0.29, 0.717) is 28.7 Å². The van der Waals surface area contributed by atoms with Gasteiger partial charge in [-0.1, -0.05) is 30.0 Å². The highest BCUT2D eigenvalue weighted by atomic mass is 32.2. The number of carbonyl (C=O) groups is 2. The lowest BCUT2D eigenvalue weighted by Crippen LogP contribution is -2.39. The Morgan fingerprint density at radius 2 is 2.06 bits per heavy atom. The van der Waals surface area contributed by atoms with Gasteiger partial charge in [-0.2, -0.15) is 0 Å². The predicted molar refractivity (Wildman–Crippen MR) is 133 cm³/mol. The second-order valence-electron chi connectivity index (χ2n) is 8.47. The lowest BCUT2D eigenvalue weighted by atomic mass is 9.93. The minimum Gasteiger partial charge on any atom is -0.463 e. The standard InChI is InChI=1S/C25H31FN4O4S/c1-3-34-24(32)22-17(2)28-25-30(23(22)19-7-4-5-8-20(19)26)18(16-35-25)15-21(31)27-9-6-10-29-11-13-33-14-12-29/h4-5,7-8,16,23H,3,6,9-15H2,1-2H3,(H,27,31)/t23-/m0/s1. The molecule has 1 saturated heterocycles. The fourth-order valence-corrected chi connectivity index (χ4v) is 5.38. The summed E-state index contributed by atoms with van der Waals surface area (Å²) in [5, 5.41) is 5.44. The first-order chi connectivity index (χ1) is 17.0. The van der Waals surface area contributed by atoms with Gasteiger partial charge in [0.25, 0.3) is 0 Å². The molecule has 3 heterocycles. The second-order valence-corrected chi connectivity index (χ2v) is 9.31. The molecule has 1 N–H and O–H groups in total. The zero-order valence-electron chi connectivity index (χ0n) is 20.1. The van der Waals surface area contributed by atoms with Crippen LogP contribution in [0.1, 0.15) is 38.3 Å². The van der Waals surface area contributed by atoms with Crippen molar-refractivity contribution in [3.8, 4) is 0 Å². The van der Waals surface area contributed by atoms with E-state index in [1.54, 1.807) is 36.9 Å². The molecule has 0 bridgehead atoms. The molecular weight excluding hydrogens is 471 g/mol. The quantitative estimate of drug-likeness (QED) is 0.410. The van der Waals surface area contributed by atoms with E-state index in [1.165, 1.54) is 17.8 Å². The van der Waals surface area contributed by atoms with Gasteiger partial charge in [-0.25, -0.2) is 14.2 Å². The van der Waals surface area contributed by atoms with Crippen LogP contribution >= 0.6 is 11.8 Å². The van der Waals surface area contributed by atoms with Crippen molar-refractivity contribution in [2.24, 2.45) is 4.99 Å². The predicted octanol–water partition coefficient (Wildman–Crippen LogP) is 3.19. The van der Waals surface area contributed by atoms with Crippen LogP contribution in [0.15, 0.2) is 51.6 Å². The number of rotatable bonds is 9. The molecule has 188 valence electrons. The van der Waals surface area contributed by atoms with Crippen LogP contribution < -0.4 is 5.32 Å². The summed E-state index contributed by atoms with van der Waals surface area (Å²) in [5.74, 6) is -1.10. The van der Waals surface area contributed by atoms with Gasteiger partial charge >= 0.3 is 5.97 Å². The number of benzene rings is 1. The maximum Gasteiger partial charge on any atom is 0.338 e. The van der Waals surface area contributed by atoms with Crippen molar-refractivity contribution in [3.63, 3.8) is 0 Å². The molecule has 0 aromatic heterocycles. The van der Waals surface area contributed by atoms with E-state index in [0.717, 1.165) is 39.3 Å². The molecule has 3 aliphatic heterocycles. The summed E-state index contributed by atoms with van der Waals surface area (Å²) >= 11 is 1.37. The monoisotopic (exact) mass is 502 g/mol. The number of halogens is 1. The molecule has 0 saturated carbocycles. The summed E-state index contributed by atoms with van der Waals surface area (Å²) in [4.78, 5) is 34.4. The minimum atomic E-state index is -0.766. The number of morpholine rings is 1. The summed E-state index contributed by atoms with van der Waals surface area (Å²) in [5.41, 5.74) is 1.77. The second kappa shape index (κ2) is 11.8. The average Bonchev–Trinajstić information content (AvgIpc) is 3.24. The highest BCUT2D eigenvalue weighted by Crippen LogP contribution is 2.45. The van der Waals surface area contributed by atoms with E-state index >= 15 is 0 Å². The minimum absolute atomic E-state index is 0.101. The Morgan fingerprint density at radius 1 is 1.29 bits per heavy atom. The number of nitrogens with one attached hydrogen (secondary N) is 1. The molecule has 1 aromatic rings. The first kappa shape index (κ1) is 25.4. The fraction of sp³-hybridized carbons (Fsp3) is 0.480. The van der Waals surface area contributed by atoms with Crippen molar-refractivity contribution in [1.29, 1.82) is 0 Å². The molecule has 3 aliphatic rings. The lowest BCUT2D eigenvalue weighted by Gasteiger charge is -2.36. The molecule has 0 unspecified atom stereocenters. The van der Waals surface area contributed by atoms with Gasteiger partial charge in [0.2, 0.25) is 5.91 Å². The first-order valence-electron chi connectivity index (χ1n) is 11.9. The third-order valence-corrected chi connectivity index (χ3v) is 7.00. The number of nitrogens with zero attached hydrogens (tertiary/aromatic N) is 3. The Bertz CT molecular complexity index is 1050. The maximum absolute atomic E-state index is 15.0. The fourth-order valence-electron chi connectivity index (χ4n) is 4.41. The Labute approximate surface area is 209 Å². The SMILES string of the molecule is CCOC(=O)C1=C(C)N=C2SC=C(CC(=O)NCCCN3CCOCC3)N2[C@H]1c1ccccc1F. The third-order valence-electron chi connectivity index (χ3n) is 6.11. The van der Waals surface area contributed by atoms with Crippen molar-refractivity contribution < 1.29 is 23.5 Å². The molecule has 35 heavy (non-hydrogen) atoms.